The Labute approximate surface area is 157 Å². The molecule has 1 heterocycles. The Morgan fingerprint density at radius 2 is 1.89 bits per heavy atom. The van der Waals surface area contributed by atoms with Gasteiger partial charge in [0.2, 0.25) is 12.7 Å². The second-order valence-corrected chi connectivity index (χ2v) is 5.60. The maximum absolute atomic E-state index is 11.9. The summed E-state index contributed by atoms with van der Waals surface area (Å²) in [6.45, 7) is 0.933. The van der Waals surface area contributed by atoms with Gasteiger partial charge in [0.15, 0.2) is 11.5 Å². The predicted octanol–water partition coefficient (Wildman–Crippen LogP) is 2.64. The number of hydrogen-bond donors (Lipinski definition) is 1. The maximum atomic E-state index is 11.9. The zero-order chi connectivity index (χ0) is 19.1. The molecule has 0 spiro atoms. The molecule has 1 amide bonds. The van der Waals surface area contributed by atoms with E-state index in [0.29, 0.717) is 41.9 Å². The molecule has 7 nitrogen and oxygen atoms in total. The van der Waals surface area contributed by atoms with Crippen molar-refractivity contribution in [3.8, 4) is 28.7 Å². The van der Waals surface area contributed by atoms with Crippen molar-refractivity contribution >= 4 is 12.0 Å². The number of benzene rings is 2. The first-order chi connectivity index (χ1) is 13.2. The number of methoxy groups -OCH3 is 2. The van der Waals surface area contributed by atoms with Crippen LogP contribution in [-0.4, -0.2) is 40.1 Å². The summed E-state index contributed by atoms with van der Waals surface area (Å²) >= 11 is 0. The van der Waals surface area contributed by atoms with E-state index >= 15 is 0 Å². The molecule has 7 heteroatoms. The van der Waals surface area contributed by atoms with E-state index < -0.39 is 0 Å². The lowest BCUT2D eigenvalue weighted by atomic mass is 10.1. The van der Waals surface area contributed by atoms with Gasteiger partial charge in [0.05, 0.1) is 20.8 Å². The Morgan fingerprint density at radius 1 is 1.07 bits per heavy atom. The van der Waals surface area contributed by atoms with Crippen molar-refractivity contribution in [1.29, 1.82) is 0 Å². The molecular formula is C20H21NO6. The Bertz CT molecular complexity index is 833. The third-order valence-electron chi connectivity index (χ3n) is 3.87. The molecule has 0 unspecified atom stereocenters. The SMILES string of the molecule is COc1ccc(C=CC(=O)NCCOc2ccc3c(c2)OCO3)c(OC)c1. The molecule has 0 bridgehead atoms. The predicted molar refractivity (Wildman–Crippen MR) is 99.6 cm³/mol. The first kappa shape index (κ1) is 18.4. The zero-order valence-corrected chi connectivity index (χ0v) is 15.2. The standard InChI is InChI=1S/C20H21NO6/c1-23-15-5-3-14(18(11-15)24-2)4-8-20(22)21-9-10-25-16-6-7-17-19(12-16)27-13-26-17/h3-8,11-12H,9-10,13H2,1-2H3,(H,21,22). The van der Waals surface area contributed by atoms with Gasteiger partial charge in [0, 0.05) is 23.8 Å². The van der Waals surface area contributed by atoms with Crippen LogP contribution in [-0.2, 0) is 4.79 Å². The number of carbonyl (C=O) groups excluding carboxylic acids is 1. The fraction of sp³-hybridized carbons (Fsp3) is 0.250. The van der Waals surface area contributed by atoms with Crippen molar-refractivity contribution in [2.75, 3.05) is 34.2 Å². The molecule has 1 aliphatic heterocycles. The topological polar surface area (TPSA) is 75.3 Å². The van der Waals surface area contributed by atoms with Gasteiger partial charge in [-0.25, -0.2) is 0 Å². The number of carbonyl (C=O) groups is 1. The van der Waals surface area contributed by atoms with Crippen molar-refractivity contribution in [3.05, 3.63) is 48.0 Å². The Balaban J connectivity index is 1.45. The summed E-state index contributed by atoms with van der Waals surface area (Å²) in [6.07, 6.45) is 3.14. The minimum atomic E-state index is -0.220. The van der Waals surface area contributed by atoms with Gasteiger partial charge in [0.1, 0.15) is 23.9 Å². The highest BCUT2D eigenvalue weighted by Crippen LogP contribution is 2.35. The molecular weight excluding hydrogens is 350 g/mol. The van der Waals surface area contributed by atoms with Crippen LogP contribution in [0.1, 0.15) is 5.56 Å². The molecule has 142 valence electrons. The molecule has 0 saturated heterocycles. The van der Waals surface area contributed by atoms with Gasteiger partial charge in [-0.1, -0.05) is 0 Å². The van der Waals surface area contributed by atoms with Crippen LogP contribution >= 0.6 is 0 Å². The summed E-state index contributed by atoms with van der Waals surface area (Å²) in [6, 6.07) is 10.7. The van der Waals surface area contributed by atoms with Gasteiger partial charge in [-0.15, -0.1) is 0 Å². The van der Waals surface area contributed by atoms with E-state index in [2.05, 4.69) is 5.32 Å². The molecule has 3 rings (SSSR count). The summed E-state index contributed by atoms with van der Waals surface area (Å²) in [5.74, 6) is 3.12. The highest BCUT2D eigenvalue weighted by atomic mass is 16.7. The van der Waals surface area contributed by atoms with E-state index in [4.69, 9.17) is 23.7 Å². The average Bonchev–Trinajstić information content (AvgIpc) is 3.17. The van der Waals surface area contributed by atoms with Crippen LogP contribution < -0.4 is 29.0 Å². The van der Waals surface area contributed by atoms with Gasteiger partial charge >= 0.3 is 0 Å². The minimum Gasteiger partial charge on any atom is -0.497 e. The number of ether oxygens (including phenoxy) is 5. The lowest BCUT2D eigenvalue weighted by molar-refractivity contribution is -0.116. The first-order valence-corrected chi connectivity index (χ1v) is 8.40. The summed E-state index contributed by atoms with van der Waals surface area (Å²) in [5.41, 5.74) is 0.782. The molecule has 1 N–H and O–H groups in total. The Kier molecular flexibility index (Phi) is 6.04. The van der Waals surface area contributed by atoms with Gasteiger partial charge < -0.3 is 29.0 Å². The summed E-state index contributed by atoms with van der Waals surface area (Å²) in [7, 11) is 3.16. The highest BCUT2D eigenvalue weighted by molar-refractivity contribution is 5.92. The first-order valence-electron chi connectivity index (χ1n) is 8.40. The second kappa shape index (κ2) is 8.84. The second-order valence-electron chi connectivity index (χ2n) is 5.60. The number of nitrogens with one attached hydrogen (secondary N) is 1. The Hall–Kier alpha value is -3.35. The summed E-state index contributed by atoms with van der Waals surface area (Å²) < 4.78 is 26.6. The summed E-state index contributed by atoms with van der Waals surface area (Å²) in [5, 5.41) is 2.76. The molecule has 1 aliphatic rings. The lowest BCUT2D eigenvalue weighted by Crippen LogP contribution is -2.26. The van der Waals surface area contributed by atoms with Crippen molar-refractivity contribution in [1.82, 2.24) is 5.32 Å². The number of fused-ring (bicyclic) bond motifs is 1. The largest absolute Gasteiger partial charge is 0.497 e. The Morgan fingerprint density at radius 3 is 2.70 bits per heavy atom. The summed E-state index contributed by atoms with van der Waals surface area (Å²) in [4.78, 5) is 11.9. The number of amides is 1. The van der Waals surface area contributed by atoms with Crippen molar-refractivity contribution in [3.63, 3.8) is 0 Å². The molecule has 0 fully saturated rings. The maximum Gasteiger partial charge on any atom is 0.244 e. The van der Waals surface area contributed by atoms with Crippen LogP contribution in [0.2, 0.25) is 0 Å². The van der Waals surface area contributed by atoms with Crippen LogP contribution in [0.15, 0.2) is 42.5 Å². The molecule has 2 aromatic carbocycles. The van der Waals surface area contributed by atoms with E-state index in [1.165, 1.54) is 6.08 Å². The van der Waals surface area contributed by atoms with Crippen LogP contribution in [0, 0.1) is 0 Å². The van der Waals surface area contributed by atoms with E-state index in [-0.39, 0.29) is 12.7 Å². The smallest absolute Gasteiger partial charge is 0.244 e. The molecule has 0 saturated carbocycles. The highest BCUT2D eigenvalue weighted by Gasteiger charge is 2.13. The van der Waals surface area contributed by atoms with Crippen LogP contribution in [0.5, 0.6) is 28.7 Å². The minimum absolute atomic E-state index is 0.220. The number of rotatable bonds is 8. The molecule has 27 heavy (non-hydrogen) atoms. The van der Waals surface area contributed by atoms with Gasteiger partial charge in [-0.05, 0) is 30.3 Å². The van der Waals surface area contributed by atoms with E-state index in [1.54, 1.807) is 50.6 Å². The van der Waals surface area contributed by atoms with Crippen LogP contribution in [0.25, 0.3) is 6.08 Å². The molecule has 2 aromatic rings. The zero-order valence-electron chi connectivity index (χ0n) is 15.2. The van der Waals surface area contributed by atoms with E-state index in [9.17, 15) is 4.79 Å². The number of hydrogen-bond acceptors (Lipinski definition) is 6. The van der Waals surface area contributed by atoms with Gasteiger partial charge in [0.25, 0.3) is 0 Å². The van der Waals surface area contributed by atoms with Crippen LogP contribution in [0.4, 0.5) is 0 Å². The van der Waals surface area contributed by atoms with Gasteiger partial charge in [-0.3, -0.25) is 4.79 Å². The molecule has 0 aliphatic carbocycles. The molecule has 0 radical (unpaired) electrons. The molecule has 0 aromatic heterocycles. The van der Waals surface area contributed by atoms with Crippen molar-refractivity contribution in [2.45, 2.75) is 0 Å². The van der Waals surface area contributed by atoms with Crippen LogP contribution in [0.3, 0.4) is 0 Å². The monoisotopic (exact) mass is 371 g/mol. The lowest BCUT2D eigenvalue weighted by Gasteiger charge is -2.08. The van der Waals surface area contributed by atoms with E-state index in [0.717, 1.165) is 5.56 Å². The molecule has 0 atom stereocenters. The van der Waals surface area contributed by atoms with Crippen molar-refractivity contribution < 1.29 is 28.5 Å². The fourth-order valence-electron chi connectivity index (χ4n) is 2.49. The quantitative estimate of drug-likeness (QED) is 0.568. The van der Waals surface area contributed by atoms with E-state index in [1.807, 2.05) is 6.07 Å². The van der Waals surface area contributed by atoms with Gasteiger partial charge in [-0.2, -0.15) is 0 Å². The normalized spacial score (nSPS) is 12.1. The average molecular weight is 371 g/mol. The fourth-order valence-corrected chi connectivity index (χ4v) is 2.49. The third kappa shape index (κ3) is 4.84. The van der Waals surface area contributed by atoms with Crippen molar-refractivity contribution in [2.24, 2.45) is 0 Å². The third-order valence-corrected chi connectivity index (χ3v) is 3.87.